The van der Waals surface area contributed by atoms with Crippen LogP contribution in [0.4, 0.5) is 0 Å². The molecule has 0 aliphatic carbocycles. The summed E-state index contributed by atoms with van der Waals surface area (Å²) in [7, 11) is 0. The average Bonchev–Trinajstić information content (AvgIpc) is 3.13. The predicted molar refractivity (Wildman–Crippen MR) is 113 cm³/mol. The van der Waals surface area contributed by atoms with E-state index < -0.39 is 0 Å². The largest absolute Gasteiger partial charge is 0.297 e. The lowest BCUT2D eigenvalue weighted by Crippen LogP contribution is -2.34. The minimum atomic E-state index is -0.0107. The lowest BCUT2D eigenvalue weighted by molar-refractivity contribution is 0.198. The molecule has 1 saturated heterocycles. The van der Waals surface area contributed by atoms with E-state index in [1.165, 1.54) is 16.1 Å². The molecule has 5 nitrogen and oxygen atoms in total. The van der Waals surface area contributed by atoms with Gasteiger partial charge in [-0.3, -0.25) is 14.1 Å². The predicted octanol–water partition coefficient (Wildman–Crippen LogP) is 3.99. The number of piperidine rings is 1. The van der Waals surface area contributed by atoms with Gasteiger partial charge in [-0.15, -0.1) is 11.3 Å². The first-order valence-corrected chi connectivity index (χ1v) is 10.5. The number of hydrogen-bond acceptors (Lipinski definition) is 5. The van der Waals surface area contributed by atoms with E-state index in [1.807, 2.05) is 42.7 Å². The van der Waals surface area contributed by atoms with E-state index in [9.17, 15) is 4.79 Å². The quantitative estimate of drug-likeness (QED) is 0.531. The number of nitrogens with zero attached hydrogens (tertiary/aromatic N) is 4. The summed E-state index contributed by atoms with van der Waals surface area (Å²) in [5, 5.41) is 1.23. The molecule has 0 N–H and O–H groups in total. The van der Waals surface area contributed by atoms with Gasteiger partial charge >= 0.3 is 0 Å². The fraction of sp³-hybridized carbons (Fsp3) is 0.318. The van der Waals surface area contributed by atoms with Crippen molar-refractivity contribution in [3.63, 3.8) is 0 Å². The second-order valence-electron chi connectivity index (χ2n) is 7.61. The summed E-state index contributed by atoms with van der Waals surface area (Å²) in [6.45, 7) is 4.70. The highest BCUT2D eigenvalue weighted by Crippen LogP contribution is 2.33. The summed E-state index contributed by atoms with van der Waals surface area (Å²) in [6.07, 6.45) is 4.16. The van der Waals surface area contributed by atoms with Gasteiger partial charge in [0.15, 0.2) is 0 Å². The Balaban J connectivity index is 1.37. The molecule has 0 unspecified atom stereocenters. The van der Waals surface area contributed by atoms with Crippen LogP contribution in [0.3, 0.4) is 0 Å². The van der Waals surface area contributed by atoms with E-state index in [2.05, 4.69) is 23.1 Å². The van der Waals surface area contributed by atoms with Crippen LogP contribution in [0.15, 0.2) is 53.5 Å². The van der Waals surface area contributed by atoms with Crippen LogP contribution in [0.5, 0.6) is 0 Å². The van der Waals surface area contributed by atoms with Crippen molar-refractivity contribution in [1.29, 1.82) is 0 Å². The van der Waals surface area contributed by atoms with Gasteiger partial charge in [0, 0.05) is 31.3 Å². The number of thiazole rings is 1. The Hall–Kier alpha value is -2.57. The van der Waals surface area contributed by atoms with Gasteiger partial charge in [0.2, 0.25) is 0 Å². The number of para-hydroxylation sites is 1. The molecule has 1 aliphatic heterocycles. The molecule has 0 saturated carbocycles. The Kier molecular flexibility index (Phi) is 4.45. The molecule has 1 atom stereocenters. The van der Waals surface area contributed by atoms with Crippen molar-refractivity contribution >= 4 is 27.2 Å². The van der Waals surface area contributed by atoms with Crippen LogP contribution in [-0.4, -0.2) is 32.4 Å². The zero-order valence-electron chi connectivity index (χ0n) is 15.8. The highest BCUT2D eigenvalue weighted by Gasteiger charge is 2.24. The Labute approximate surface area is 167 Å². The maximum absolute atomic E-state index is 12.5. The van der Waals surface area contributed by atoms with Crippen molar-refractivity contribution in [2.24, 2.45) is 0 Å². The van der Waals surface area contributed by atoms with Crippen LogP contribution in [0.2, 0.25) is 0 Å². The van der Waals surface area contributed by atoms with Gasteiger partial charge in [-0.05, 0) is 50.1 Å². The standard InChI is InChI=1S/C22H22N4OS/c1-15-8-9-20-23-17(11-21(27)26(20)12-15)14-25-10-4-5-16(13-25)22-24-18-6-2-3-7-19(18)28-22/h2-3,6-9,11-12,16H,4-5,10,13-14H2,1H3/t16-/m0/s1. The minimum absolute atomic E-state index is 0.0107. The number of rotatable bonds is 3. The molecule has 0 spiro atoms. The number of aryl methyl sites for hydroxylation is 1. The number of benzene rings is 1. The van der Waals surface area contributed by atoms with Crippen LogP contribution in [0.25, 0.3) is 15.9 Å². The van der Waals surface area contributed by atoms with Gasteiger partial charge < -0.3 is 0 Å². The molecule has 0 radical (unpaired) electrons. The van der Waals surface area contributed by atoms with Gasteiger partial charge in [-0.2, -0.15) is 0 Å². The molecule has 4 aromatic rings. The third kappa shape index (κ3) is 3.34. The first-order valence-electron chi connectivity index (χ1n) is 9.72. The van der Waals surface area contributed by atoms with Crippen LogP contribution >= 0.6 is 11.3 Å². The molecule has 142 valence electrons. The molecule has 28 heavy (non-hydrogen) atoms. The first kappa shape index (κ1) is 17.5. The first-order chi connectivity index (χ1) is 13.7. The van der Waals surface area contributed by atoms with E-state index in [0.717, 1.165) is 36.3 Å². The molecule has 1 fully saturated rings. The summed E-state index contributed by atoms with van der Waals surface area (Å²) in [5.74, 6) is 0.454. The van der Waals surface area contributed by atoms with Crippen molar-refractivity contribution in [2.75, 3.05) is 13.1 Å². The van der Waals surface area contributed by atoms with E-state index in [-0.39, 0.29) is 5.56 Å². The van der Waals surface area contributed by atoms with Gasteiger partial charge in [-0.25, -0.2) is 9.97 Å². The van der Waals surface area contributed by atoms with Gasteiger partial charge in [0.25, 0.3) is 5.56 Å². The average molecular weight is 391 g/mol. The van der Waals surface area contributed by atoms with Crippen LogP contribution in [0.1, 0.15) is 35.0 Å². The number of fused-ring (bicyclic) bond motifs is 2. The topological polar surface area (TPSA) is 50.5 Å². The molecule has 0 bridgehead atoms. The number of hydrogen-bond donors (Lipinski definition) is 0. The SMILES string of the molecule is Cc1ccc2nc(CN3CCC[C@H](c4nc5ccccc5s4)C3)cc(=O)n2c1. The second kappa shape index (κ2) is 7.11. The van der Waals surface area contributed by atoms with Crippen LogP contribution in [0, 0.1) is 6.92 Å². The normalized spacial score (nSPS) is 18.1. The van der Waals surface area contributed by atoms with E-state index >= 15 is 0 Å². The molecule has 6 heteroatoms. The fourth-order valence-corrected chi connectivity index (χ4v) is 5.13. The molecule has 3 aromatic heterocycles. The van der Waals surface area contributed by atoms with Crippen LogP contribution < -0.4 is 5.56 Å². The highest BCUT2D eigenvalue weighted by molar-refractivity contribution is 7.18. The maximum Gasteiger partial charge on any atom is 0.258 e. The minimum Gasteiger partial charge on any atom is -0.297 e. The molecule has 4 heterocycles. The van der Waals surface area contributed by atoms with Crippen molar-refractivity contribution in [3.05, 3.63) is 75.3 Å². The lowest BCUT2D eigenvalue weighted by Gasteiger charge is -2.31. The zero-order chi connectivity index (χ0) is 19.1. The van der Waals surface area contributed by atoms with Crippen molar-refractivity contribution in [2.45, 2.75) is 32.2 Å². The molecular weight excluding hydrogens is 368 g/mol. The van der Waals surface area contributed by atoms with Gasteiger partial charge in [-0.1, -0.05) is 18.2 Å². The Morgan fingerprint density at radius 3 is 2.96 bits per heavy atom. The summed E-state index contributed by atoms with van der Waals surface area (Å²) in [4.78, 5) is 24.5. The summed E-state index contributed by atoms with van der Waals surface area (Å²) >= 11 is 1.81. The third-order valence-electron chi connectivity index (χ3n) is 5.41. The highest BCUT2D eigenvalue weighted by atomic mass is 32.1. The monoisotopic (exact) mass is 390 g/mol. The van der Waals surface area contributed by atoms with Crippen LogP contribution in [-0.2, 0) is 6.54 Å². The Bertz CT molecular complexity index is 1180. The summed E-state index contributed by atoms with van der Waals surface area (Å²) in [5.41, 5.74) is 3.70. The third-order valence-corrected chi connectivity index (χ3v) is 6.61. The van der Waals surface area contributed by atoms with E-state index in [1.54, 1.807) is 10.5 Å². The molecule has 5 rings (SSSR count). The molecule has 1 aliphatic rings. The van der Waals surface area contributed by atoms with E-state index in [0.29, 0.717) is 18.1 Å². The fourth-order valence-electron chi connectivity index (χ4n) is 4.03. The van der Waals surface area contributed by atoms with Crippen molar-refractivity contribution in [1.82, 2.24) is 19.3 Å². The Morgan fingerprint density at radius 2 is 2.07 bits per heavy atom. The molecule has 0 amide bonds. The summed E-state index contributed by atoms with van der Waals surface area (Å²) in [6, 6.07) is 13.9. The van der Waals surface area contributed by atoms with Crippen molar-refractivity contribution in [3.8, 4) is 0 Å². The van der Waals surface area contributed by atoms with Gasteiger partial charge in [0.1, 0.15) is 5.65 Å². The van der Waals surface area contributed by atoms with Crippen molar-refractivity contribution < 1.29 is 0 Å². The van der Waals surface area contributed by atoms with Gasteiger partial charge in [0.05, 0.1) is 20.9 Å². The Morgan fingerprint density at radius 1 is 1.18 bits per heavy atom. The number of pyridine rings is 1. The second-order valence-corrected chi connectivity index (χ2v) is 8.68. The maximum atomic E-state index is 12.5. The molecular formula is C22H22N4OS. The molecule has 1 aromatic carbocycles. The smallest absolute Gasteiger partial charge is 0.258 e. The zero-order valence-corrected chi connectivity index (χ0v) is 16.7. The number of likely N-dealkylation sites (tertiary alicyclic amines) is 1. The summed E-state index contributed by atoms with van der Waals surface area (Å²) < 4.78 is 2.88. The number of aromatic nitrogens is 3. The lowest BCUT2D eigenvalue weighted by atomic mass is 9.98. The van der Waals surface area contributed by atoms with E-state index in [4.69, 9.17) is 9.97 Å².